The average Bonchev–Trinajstić information content (AvgIpc) is 2.17. The number of ether oxygens (including phenoxy) is 1. The maximum atomic E-state index is 11.5. The molecule has 5 heteroatoms. The molecule has 0 spiro atoms. The van der Waals surface area contributed by atoms with Gasteiger partial charge in [-0.25, -0.2) is 8.42 Å². The van der Waals surface area contributed by atoms with Crippen molar-refractivity contribution in [2.75, 3.05) is 12.9 Å². The van der Waals surface area contributed by atoms with Crippen LogP contribution >= 0.6 is 0 Å². The summed E-state index contributed by atoms with van der Waals surface area (Å²) in [5, 5.41) is 9.15. The Morgan fingerprint density at radius 3 is 2.75 bits per heavy atom. The summed E-state index contributed by atoms with van der Waals surface area (Å²) in [6.45, 7) is 1.90. The number of benzene rings is 1. The van der Waals surface area contributed by atoms with Crippen LogP contribution in [0.5, 0.6) is 5.75 Å². The van der Waals surface area contributed by atoms with Crippen molar-refractivity contribution in [3.63, 3.8) is 0 Å². The van der Waals surface area contributed by atoms with E-state index < -0.39 is 21.2 Å². The molecular weight excluding hydrogens is 228 g/mol. The van der Waals surface area contributed by atoms with Crippen LogP contribution in [0.3, 0.4) is 0 Å². The molecule has 88 valence electrons. The lowest BCUT2D eigenvalue weighted by Crippen LogP contribution is -2.37. The van der Waals surface area contributed by atoms with Crippen LogP contribution in [0, 0.1) is 6.92 Å². The lowest BCUT2D eigenvalue weighted by Gasteiger charge is -2.29. The van der Waals surface area contributed by atoms with E-state index in [-0.39, 0.29) is 6.61 Å². The summed E-state index contributed by atoms with van der Waals surface area (Å²) in [7, 11) is -3.31. The molecule has 0 fully saturated rings. The highest BCUT2D eigenvalue weighted by atomic mass is 32.2. The van der Waals surface area contributed by atoms with Crippen LogP contribution < -0.4 is 4.74 Å². The van der Waals surface area contributed by atoms with E-state index in [0.29, 0.717) is 11.3 Å². The van der Waals surface area contributed by atoms with Gasteiger partial charge < -0.3 is 9.84 Å². The first-order valence-electron chi connectivity index (χ1n) is 5.00. The van der Waals surface area contributed by atoms with Crippen molar-refractivity contribution < 1.29 is 18.3 Å². The van der Waals surface area contributed by atoms with Crippen LogP contribution in [-0.2, 0) is 9.84 Å². The van der Waals surface area contributed by atoms with Gasteiger partial charge in [0.2, 0.25) is 0 Å². The number of aliphatic hydroxyl groups excluding tert-OH is 1. The maximum absolute atomic E-state index is 11.5. The summed E-state index contributed by atoms with van der Waals surface area (Å²) in [6, 6.07) is 5.38. The summed E-state index contributed by atoms with van der Waals surface area (Å²) >= 11 is 0. The van der Waals surface area contributed by atoms with Gasteiger partial charge in [0.1, 0.15) is 23.7 Å². The number of hydrogen-bond acceptors (Lipinski definition) is 4. The minimum atomic E-state index is -3.31. The van der Waals surface area contributed by atoms with Gasteiger partial charge in [0.15, 0.2) is 9.84 Å². The number of hydrogen-bond donors (Lipinski definition) is 1. The fourth-order valence-electron chi connectivity index (χ4n) is 1.85. The number of aryl methyl sites for hydroxylation is 1. The molecule has 1 aromatic rings. The minimum Gasteiger partial charge on any atom is -0.492 e. The lowest BCUT2D eigenvalue weighted by molar-refractivity contribution is 0.119. The standard InChI is InChI=1S/C11H14O4S/c1-7-3-4-9-8(5-7)11(12)10(6-15-9)16(2,13)14/h3-5,10-12H,6H2,1-2H3/t10?,11-/m0/s1. The SMILES string of the molecule is Cc1ccc2c(c1)[C@H](O)C(S(C)(=O)=O)CO2. The topological polar surface area (TPSA) is 63.6 Å². The Morgan fingerprint density at radius 2 is 2.12 bits per heavy atom. The molecular formula is C11H14O4S. The van der Waals surface area contributed by atoms with Crippen LogP contribution in [0.15, 0.2) is 18.2 Å². The molecule has 1 unspecified atom stereocenters. The highest BCUT2D eigenvalue weighted by Gasteiger charge is 2.36. The van der Waals surface area contributed by atoms with Crippen LogP contribution in [0.25, 0.3) is 0 Å². The van der Waals surface area contributed by atoms with Crippen molar-refractivity contribution in [1.29, 1.82) is 0 Å². The van der Waals surface area contributed by atoms with Crippen LogP contribution in [-0.4, -0.2) is 31.6 Å². The molecule has 0 radical (unpaired) electrons. The van der Waals surface area contributed by atoms with E-state index in [4.69, 9.17) is 4.74 Å². The molecule has 2 rings (SSSR count). The molecule has 0 bridgehead atoms. The van der Waals surface area contributed by atoms with Gasteiger partial charge in [-0.3, -0.25) is 0 Å². The number of rotatable bonds is 1. The average molecular weight is 242 g/mol. The molecule has 0 aliphatic carbocycles. The quantitative estimate of drug-likeness (QED) is 0.792. The zero-order valence-corrected chi connectivity index (χ0v) is 9.99. The molecule has 1 N–H and O–H groups in total. The van der Waals surface area contributed by atoms with E-state index in [2.05, 4.69) is 0 Å². The first kappa shape index (κ1) is 11.4. The zero-order chi connectivity index (χ0) is 11.9. The van der Waals surface area contributed by atoms with Gasteiger partial charge >= 0.3 is 0 Å². The largest absolute Gasteiger partial charge is 0.492 e. The van der Waals surface area contributed by atoms with Gasteiger partial charge in [0.05, 0.1) is 0 Å². The number of sulfone groups is 1. The zero-order valence-electron chi connectivity index (χ0n) is 9.17. The predicted molar refractivity (Wildman–Crippen MR) is 60.3 cm³/mol. The smallest absolute Gasteiger partial charge is 0.156 e. The molecule has 1 aliphatic heterocycles. The molecule has 1 heterocycles. The van der Waals surface area contributed by atoms with Crippen molar-refractivity contribution >= 4 is 9.84 Å². The molecule has 2 atom stereocenters. The third-order valence-corrected chi connectivity index (χ3v) is 4.28. The Labute approximate surface area is 94.8 Å². The predicted octanol–water partition coefficient (Wildman–Crippen LogP) is 0.834. The monoisotopic (exact) mass is 242 g/mol. The van der Waals surface area contributed by atoms with Crippen molar-refractivity contribution in [2.24, 2.45) is 0 Å². The van der Waals surface area contributed by atoms with Crippen molar-refractivity contribution in [3.05, 3.63) is 29.3 Å². The van der Waals surface area contributed by atoms with Crippen LogP contribution in [0.2, 0.25) is 0 Å². The third kappa shape index (κ3) is 1.92. The number of fused-ring (bicyclic) bond motifs is 1. The van der Waals surface area contributed by atoms with E-state index >= 15 is 0 Å². The van der Waals surface area contributed by atoms with Crippen molar-refractivity contribution in [2.45, 2.75) is 18.3 Å². The normalized spacial score (nSPS) is 24.7. The van der Waals surface area contributed by atoms with Crippen molar-refractivity contribution in [3.8, 4) is 5.75 Å². The second-order valence-electron chi connectivity index (χ2n) is 4.17. The highest BCUT2D eigenvalue weighted by Crippen LogP contribution is 2.35. The van der Waals surface area contributed by atoms with Gasteiger partial charge in [-0.1, -0.05) is 11.6 Å². The van der Waals surface area contributed by atoms with E-state index in [1.165, 1.54) is 0 Å². The Hall–Kier alpha value is -1.07. The number of aliphatic hydroxyl groups is 1. The first-order valence-corrected chi connectivity index (χ1v) is 6.95. The summed E-state index contributed by atoms with van der Waals surface area (Å²) in [4.78, 5) is 0. The van der Waals surface area contributed by atoms with Gasteiger partial charge in [0.25, 0.3) is 0 Å². The maximum Gasteiger partial charge on any atom is 0.156 e. The molecule has 0 saturated carbocycles. The third-order valence-electron chi connectivity index (χ3n) is 2.79. The van der Waals surface area contributed by atoms with Crippen molar-refractivity contribution in [1.82, 2.24) is 0 Å². The lowest BCUT2D eigenvalue weighted by atomic mass is 10.0. The van der Waals surface area contributed by atoms with Gasteiger partial charge in [0, 0.05) is 11.8 Å². The molecule has 1 aromatic carbocycles. The Morgan fingerprint density at radius 1 is 1.44 bits per heavy atom. The molecule has 4 nitrogen and oxygen atoms in total. The Kier molecular flexibility index (Phi) is 2.67. The Balaban J connectivity index is 2.46. The Bertz CT molecular complexity index is 507. The molecule has 0 aromatic heterocycles. The van der Waals surface area contributed by atoms with Crippen LogP contribution in [0.4, 0.5) is 0 Å². The van der Waals surface area contributed by atoms with E-state index in [1.54, 1.807) is 12.1 Å². The van der Waals surface area contributed by atoms with Gasteiger partial charge in [-0.05, 0) is 19.1 Å². The second kappa shape index (κ2) is 3.75. The first-order chi connectivity index (χ1) is 7.39. The van der Waals surface area contributed by atoms with E-state index in [1.807, 2.05) is 13.0 Å². The molecule has 16 heavy (non-hydrogen) atoms. The second-order valence-corrected chi connectivity index (χ2v) is 6.43. The fraction of sp³-hybridized carbons (Fsp3) is 0.455. The summed E-state index contributed by atoms with van der Waals surface area (Å²) in [5.41, 5.74) is 1.53. The van der Waals surface area contributed by atoms with Crippen LogP contribution in [0.1, 0.15) is 17.2 Å². The molecule has 0 amide bonds. The van der Waals surface area contributed by atoms with Gasteiger partial charge in [-0.2, -0.15) is 0 Å². The van der Waals surface area contributed by atoms with E-state index in [9.17, 15) is 13.5 Å². The minimum absolute atomic E-state index is 0.00998. The summed E-state index contributed by atoms with van der Waals surface area (Å²) in [6.07, 6.45) is 0.115. The summed E-state index contributed by atoms with van der Waals surface area (Å²) in [5.74, 6) is 0.568. The molecule has 1 aliphatic rings. The highest BCUT2D eigenvalue weighted by molar-refractivity contribution is 7.91. The van der Waals surface area contributed by atoms with Gasteiger partial charge in [-0.15, -0.1) is 0 Å². The molecule has 0 saturated heterocycles. The fourth-order valence-corrected chi connectivity index (χ4v) is 2.78. The summed E-state index contributed by atoms with van der Waals surface area (Å²) < 4.78 is 28.3. The van der Waals surface area contributed by atoms with E-state index in [0.717, 1.165) is 11.8 Å².